The van der Waals surface area contributed by atoms with Crippen molar-refractivity contribution in [2.75, 3.05) is 11.9 Å². The van der Waals surface area contributed by atoms with Crippen LogP contribution >= 0.6 is 0 Å². The van der Waals surface area contributed by atoms with Crippen LogP contribution in [0.3, 0.4) is 0 Å². The van der Waals surface area contributed by atoms with Crippen LogP contribution in [-0.2, 0) is 4.79 Å². The monoisotopic (exact) mass is 262 g/mol. The maximum atomic E-state index is 12.0. The second-order valence-corrected chi connectivity index (χ2v) is 5.57. The summed E-state index contributed by atoms with van der Waals surface area (Å²) in [6.45, 7) is 9.03. The first-order valence-electron chi connectivity index (χ1n) is 7.01. The third kappa shape index (κ3) is 4.67. The number of hydrogen-bond acceptors (Lipinski definition) is 2. The standard InChI is InChI=1S/C16H26N2O/c1-11(2)14(10-17)8-9-16(19)18-15-7-5-6-12(3)13(15)4/h5-7,11,14H,8-10,17H2,1-4H3,(H,18,19). The molecule has 0 aliphatic carbocycles. The molecule has 1 rings (SSSR count). The first-order chi connectivity index (χ1) is 8.95. The van der Waals surface area contributed by atoms with E-state index in [2.05, 4.69) is 19.2 Å². The number of anilines is 1. The molecule has 0 saturated heterocycles. The first-order valence-corrected chi connectivity index (χ1v) is 7.01. The molecule has 0 aliphatic rings. The molecule has 3 N–H and O–H groups in total. The Labute approximate surface area is 116 Å². The lowest BCUT2D eigenvalue weighted by Crippen LogP contribution is -2.22. The zero-order valence-corrected chi connectivity index (χ0v) is 12.5. The summed E-state index contributed by atoms with van der Waals surface area (Å²) >= 11 is 0. The average Bonchev–Trinajstić information content (AvgIpc) is 2.35. The second kappa shape index (κ2) is 7.29. The molecule has 106 valence electrons. The van der Waals surface area contributed by atoms with Crippen molar-refractivity contribution in [1.29, 1.82) is 0 Å². The zero-order valence-electron chi connectivity index (χ0n) is 12.5. The van der Waals surface area contributed by atoms with Crippen LogP contribution in [0.2, 0.25) is 0 Å². The maximum Gasteiger partial charge on any atom is 0.224 e. The zero-order chi connectivity index (χ0) is 14.4. The summed E-state index contributed by atoms with van der Waals surface area (Å²) in [5.74, 6) is 1.02. The molecule has 1 atom stereocenters. The van der Waals surface area contributed by atoms with E-state index >= 15 is 0 Å². The van der Waals surface area contributed by atoms with Crippen molar-refractivity contribution in [2.24, 2.45) is 17.6 Å². The van der Waals surface area contributed by atoms with Crippen LogP contribution in [0.15, 0.2) is 18.2 Å². The minimum absolute atomic E-state index is 0.0767. The molecule has 0 radical (unpaired) electrons. The van der Waals surface area contributed by atoms with E-state index in [-0.39, 0.29) is 5.91 Å². The summed E-state index contributed by atoms with van der Waals surface area (Å²) in [6, 6.07) is 5.96. The van der Waals surface area contributed by atoms with E-state index in [0.717, 1.165) is 17.7 Å². The van der Waals surface area contributed by atoms with Gasteiger partial charge in [-0.15, -0.1) is 0 Å². The molecule has 0 fully saturated rings. The molecule has 0 heterocycles. The van der Waals surface area contributed by atoms with Gasteiger partial charge in [0.25, 0.3) is 0 Å². The summed E-state index contributed by atoms with van der Waals surface area (Å²) < 4.78 is 0. The van der Waals surface area contributed by atoms with Crippen LogP contribution in [0.25, 0.3) is 0 Å². The molecule has 19 heavy (non-hydrogen) atoms. The van der Waals surface area contributed by atoms with Crippen LogP contribution in [-0.4, -0.2) is 12.5 Å². The fraction of sp³-hybridized carbons (Fsp3) is 0.562. The van der Waals surface area contributed by atoms with E-state index in [1.807, 2.05) is 32.0 Å². The van der Waals surface area contributed by atoms with E-state index in [9.17, 15) is 4.79 Å². The van der Waals surface area contributed by atoms with Crippen LogP contribution in [0, 0.1) is 25.7 Å². The van der Waals surface area contributed by atoms with Crippen molar-refractivity contribution in [3.63, 3.8) is 0 Å². The van der Waals surface area contributed by atoms with E-state index in [1.54, 1.807) is 0 Å². The summed E-state index contributed by atoms with van der Waals surface area (Å²) in [5.41, 5.74) is 8.97. The number of benzene rings is 1. The van der Waals surface area contributed by atoms with Crippen molar-refractivity contribution >= 4 is 11.6 Å². The molecule has 0 aliphatic heterocycles. The Morgan fingerprint density at radius 1 is 1.32 bits per heavy atom. The molecule has 3 heteroatoms. The predicted molar refractivity (Wildman–Crippen MR) is 81.2 cm³/mol. The van der Waals surface area contributed by atoms with E-state index in [1.165, 1.54) is 5.56 Å². The number of carbonyl (C=O) groups is 1. The Morgan fingerprint density at radius 3 is 2.58 bits per heavy atom. The molecule has 1 aromatic rings. The number of aryl methyl sites for hydroxylation is 1. The van der Waals surface area contributed by atoms with Gasteiger partial charge in [0.15, 0.2) is 0 Å². The highest BCUT2D eigenvalue weighted by Gasteiger charge is 2.14. The summed E-state index contributed by atoms with van der Waals surface area (Å²) in [7, 11) is 0. The average molecular weight is 262 g/mol. The number of hydrogen-bond donors (Lipinski definition) is 2. The van der Waals surface area contributed by atoms with Gasteiger partial charge in [-0.2, -0.15) is 0 Å². The van der Waals surface area contributed by atoms with Gasteiger partial charge < -0.3 is 11.1 Å². The Bertz CT molecular complexity index is 427. The Morgan fingerprint density at radius 2 is 2.00 bits per heavy atom. The summed E-state index contributed by atoms with van der Waals surface area (Å²) in [5, 5.41) is 2.99. The highest BCUT2D eigenvalue weighted by molar-refractivity contribution is 5.91. The fourth-order valence-electron chi connectivity index (χ4n) is 2.14. The Balaban J connectivity index is 2.54. The lowest BCUT2D eigenvalue weighted by Gasteiger charge is -2.18. The molecule has 0 bridgehead atoms. The number of nitrogens with two attached hydrogens (primary N) is 1. The van der Waals surface area contributed by atoms with Gasteiger partial charge in [0.2, 0.25) is 5.91 Å². The van der Waals surface area contributed by atoms with Crippen molar-refractivity contribution in [3.05, 3.63) is 29.3 Å². The summed E-state index contributed by atoms with van der Waals surface area (Å²) in [6.07, 6.45) is 1.39. The number of amides is 1. The number of rotatable bonds is 6. The van der Waals surface area contributed by atoms with E-state index < -0.39 is 0 Å². The molecular formula is C16H26N2O. The van der Waals surface area contributed by atoms with Gasteiger partial charge in [0.05, 0.1) is 0 Å². The van der Waals surface area contributed by atoms with Crippen molar-refractivity contribution in [3.8, 4) is 0 Å². The molecule has 0 saturated carbocycles. The van der Waals surface area contributed by atoms with Crippen LogP contribution in [0.5, 0.6) is 0 Å². The normalized spacial score (nSPS) is 12.5. The van der Waals surface area contributed by atoms with E-state index in [0.29, 0.717) is 24.8 Å². The molecule has 1 unspecified atom stereocenters. The first kappa shape index (κ1) is 15.7. The van der Waals surface area contributed by atoms with Crippen LogP contribution < -0.4 is 11.1 Å². The fourth-order valence-corrected chi connectivity index (χ4v) is 2.14. The molecule has 1 amide bonds. The van der Waals surface area contributed by atoms with E-state index in [4.69, 9.17) is 5.73 Å². The highest BCUT2D eigenvalue weighted by Crippen LogP contribution is 2.20. The third-order valence-electron chi connectivity index (χ3n) is 3.87. The van der Waals surface area contributed by atoms with Crippen molar-refractivity contribution in [1.82, 2.24) is 0 Å². The predicted octanol–water partition coefficient (Wildman–Crippen LogP) is 3.25. The van der Waals surface area contributed by atoms with Crippen LogP contribution in [0.4, 0.5) is 5.69 Å². The van der Waals surface area contributed by atoms with Gasteiger partial charge in [0, 0.05) is 12.1 Å². The van der Waals surface area contributed by atoms with Crippen molar-refractivity contribution in [2.45, 2.75) is 40.5 Å². The number of nitrogens with one attached hydrogen (secondary N) is 1. The quantitative estimate of drug-likeness (QED) is 0.826. The maximum absolute atomic E-state index is 12.0. The SMILES string of the molecule is Cc1cccc(NC(=O)CCC(CN)C(C)C)c1C. The molecular weight excluding hydrogens is 236 g/mol. The molecule has 3 nitrogen and oxygen atoms in total. The highest BCUT2D eigenvalue weighted by atomic mass is 16.1. The largest absolute Gasteiger partial charge is 0.330 e. The molecule has 1 aromatic carbocycles. The van der Waals surface area contributed by atoms with Crippen LogP contribution in [0.1, 0.15) is 37.8 Å². The van der Waals surface area contributed by atoms with Gasteiger partial charge in [-0.25, -0.2) is 0 Å². The minimum Gasteiger partial charge on any atom is -0.330 e. The van der Waals surface area contributed by atoms with Crippen molar-refractivity contribution < 1.29 is 4.79 Å². The molecule has 0 aromatic heterocycles. The van der Waals surface area contributed by atoms with Gasteiger partial charge >= 0.3 is 0 Å². The van der Waals surface area contributed by atoms with Gasteiger partial charge in [-0.05, 0) is 55.8 Å². The summed E-state index contributed by atoms with van der Waals surface area (Å²) in [4.78, 5) is 12.0. The van der Waals surface area contributed by atoms with Gasteiger partial charge in [-0.3, -0.25) is 4.79 Å². The lowest BCUT2D eigenvalue weighted by atomic mass is 9.91. The Kier molecular flexibility index (Phi) is 6.03. The topological polar surface area (TPSA) is 55.1 Å². The smallest absolute Gasteiger partial charge is 0.224 e. The lowest BCUT2D eigenvalue weighted by molar-refractivity contribution is -0.116. The van der Waals surface area contributed by atoms with Gasteiger partial charge in [0.1, 0.15) is 0 Å². The molecule has 0 spiro atoms. The number of carbonyl (C=O) groups excluding carboxylic acids is 1. The minimum atomic E-state index is 0.0767. The second-order valence-electron chi connectivity index (χ2n) is 5.57. The van der Waals surface area contributed by atoms with Gasteiger partial charge in [-0.1, -0.05) is 26.0 Å². The third-order valence-corrected chi connectivity index (χ3v) is 3.87. The Hall–Kier alpha value is -1.35.